The van der Waals surface area contributed by atoms with Crippen molar-refractivity contribution < 1.29 is 9.40 Å². The quantitative estimate of drug-likeness (QED) is 0.371. The summed E-state index contributed by atoms with van der Waals surface area (Å²) in [7, 11) is 1.97. The summed E-state index contributed by atoms with van der Waals surface area (Å²) >= 11 is 0. The topological polar surface area (TPSA) is 25.5 Å². The molecule has 0 saturated carbocycles. The molecule has 64 valence electrons. The van der Waals surface area contributed by atoms with Crippen LogP contribution < -0.4 is 4.57 Å². The maximum atomic E-state index is 4.84. The third-order valence-electron chi connectivity index (χ3n) is 1.37. The molecule has 0 amide bonds. The number of pyridine rings is 1. The lowest BCUT2D eigenvalue weighted by molar-refractivity contribution is -0.671. The van der Waals surface area contributed by atoms with Crippen LogP contribution >= 0.6 is 0 Å². The summed E-state index contributed by atoms with van der Waals surface area (Å²) in [5, 5.41) is 3.76. The van der Waals surface area contributed by atoms with E-state index >= 15 is 0 Å². The average Bonchev–Trinajstić information content (AvgIpc) is 2.05. The minimum absolute atomic E-state index is 0.607. The molecule has 0 N–H and O–H groups in total. The molecule has 1 aromatic rings. The molecular weight excluding hydrogens is 152 g/mol. The Kier molecular flexibility index (Phi) is 3.26. The van der Waals surface area contributed by atoms with Crippen LogP contribution in [0.3, 0.4) is 0 Å². The van der Waals surface area contributed by atoms with Gasteiger partial charge < -0.3 is 4.84 Å². The van der Waals surface area contributed by atoms with Crippen LogP contribution in [0.25, 0.3) is 0 Å². The largest absolute Gasteiger partial charge is 0.396 e. The number of hydrogen-bond acceptors (Lipinski definition) is 2. The summed E-state index contributed by atoms with van der Waals surface area (Å²) in [6.45, 7) is 2.51. The van der Waals surface area contributed by atoms with Gasteiger partial charge in [-0.25, -0.2) is 4.57 Å². The average molecular weight is 165 g/mol. The van der Waals surface area contributed by atoms with Gasteiger partial charge >= 0.3 is 0 Å². The van der Waals surface area contributed by atoms with Gasteiger partial charge in [0.15, 0.2) is 12.4 Å². The van der Waals surface area contributed by atoms with Crippen molar-refractivity contribution in [2.45, 2.75) is 6.92 Å². The second kappa shape index (κ2) is 4.49. The van der Waals surface area contributed by atoms with Gasteiger partial charge in [0.25, 0.3) is 0 Å². The highest BCUT2D eigenvalue weighted by Gasteiger charge is 1.92. The summed E-state index contributed by atoms with van der Waals surface area (Å²) in [6, 6.07) is 3.94. The number of oxime groups is 1. The maximum Gasteiger partial charge on any atom is 0.177 e. The fourth-order valence-corrected chi connectivity index (χ4v) is 0.860. The molecule has 0 aliphatic carbocycles. The van der Waals surface area contributed by atoms with Crippen LogP contribution in [0.2, 0.25) is 0 Å². The van der Waals surface area contributed by atoms with Crippen molar-refractivity contribution in [3.63, 3.8) is 0 Å². The molecule has 0 aliphatic rings. The zero-order chi connectivity index (χ0) is 8.81. The third-order valence-corrected chi connectivity index (χ3v) is 1.37. The second-order valence-corrected chi connectivity index (χ2v) is 2.46. The third kappa shape index (κ3) is 2.70. The van der Waals surface area contributed by atoms with E-state index in [0.717, 1.165) is 5.56 Å². The predicted molar refractivity (Wildman–Crippen MR) is 46.8 cm³/mol. The summed E-state index contributed by atoms with van der Waals surface area (Å²) in [5.41, 5.74) is 1.04. The first-order chi connectivity index (χ1) is 5.83. The van der Waals surface area contributed by atoms with Crippen LogP contribution in [0.4, 0.5) is 0 Å². The minimum atomic E-state index is 0.607. The fraction of sp³-hybridized carbons (Fsp3) is 0.333. The molecule has 0 spiro atoms. The summed E-state index contributed by atoms with van der Waals surface area (Å²) in [6.07, 6.45) is 5.64. The first kappa shape index (κ1) is 8.71. The molecule has 0 atom stereocenters. The highest BCUT2D eigenvalue weighted by Crippen LogP contribution is 1.89. The van der Waals surface area contributed by atoms with Crippen LogP contribution in [-0.4, -0.2) is 12.8 Å². The minimum Gasteiger partial charge on any atom is -0.396 e. The summed E-state index contributed by atoms with van der Waals surface area (Å²) < 4.78 is 1.97. The normalized spacial score (nSPS) is 10.5. The number of rotatable bonds is 3. The molecule has 0 radical (unpaired) electrons. The molecule has 1 aromatic heterocycles. The molecule has 0 bridgehead atoms. The zero-order valence-corrected chi connectivity index (χ0v) is 7.40. The molecular formula is C9H13N2O+. The lowest BCUT2D eigenvalue weighted by Gasteiger charge is -1.91. The van der Waals surface area contributed by atoms with E-state index in [-0.39, 0.29) is 0 Å². The van der Waals surface area contributed by atoms with Gasteiger partial charge in [0.2, 0.25) is 0 Å². The Morgan fingerprint density at radius 1 is 1.67 bits per heavy atom. The first-order valence-electron chi connectivity index (χ1n) is 3.93. The second-order valence-electron chi connectivity index (χ2n) is 2.46. The van der Waals surface area contributed by atoms with Gasteiger partial charge in [-0.2, -0.15) is 0 Å². The van der Waals surface area contributed by atoms with Gasteiger partial charge in [0, 0.05) is 6.07 Å². The van der Waals surface area contributed by atoms with Crippen molar-refractivity contribution in [1.29, 1.82) is 0 Å². The highest BCUT2D eigenvalue weighted by molar-refractivity contribution is 5.77. The van der Waals surface area contributed by atoms with Gasteiger partial charge in [-0.1, -0.05) is 5.16 Å². The molecule has 1 heterocycles. The van der Waals surface area contributed by atoms with Crippen LogP contribution in [0.5, 0.6) is 0 Å². The summed E-state index contributed by atoms with van der Waals surface area (Å²) in [4.78, 5) is 4.84. The molecule has 1 rings (SSSR count). The van der Waals surface area contributed by atoms with Gasteiger partial charge in [0.1, 0.15) is 13.7 Å². The maximum absolute atomic E-state index is 4.84. The molecule has 0 fully saturated rings. The van der Waals surface area contributed by atoms with E-state index in [1.165, 1.54) is 0 Å². The van der Waals surface area contributed by atoms with E-state index in [4.69, 9.17) is 4.84 Å². The van der Waals surface area contributed by atoms with Gasteiger partial charge in [-0.05, 0) is 13.0 Å². The van der Waals surface area contributed by atoms with Gasteiger partial charge in [-0.15, -0.1) is 0 Å². The number of aromatic nitrogens is 1. The molecule has 3 nitrogen and oxygen atoms in total. The summed E-state index contributed by atoms with van der Waals surface area (Å²) in [5.74, 6) is 0. The molecule has 3 heteroatoms. The van der Waals surface area contributed by atoms with E-state index in [2.05, 4.69) is 5.16 Å². The Labute approximate surface area is 72.3 Å². The van der Waals surface area contributed by atoms with Crippen LogP contribution in [0.1, 0.15) is 12.5 Å². The van der Waals surface area contributed by atoms with E-state index in [1.54, 1.807) is 6.21 Å². The SMILES string of the molecule is CCON=Cc1ccc[n+](C)c1. The van der Waals surface area contributed by atoms with Gasteiger partial charge in [0.05, 0.1) is 11.8 Å². The first-order valence-corrected chi connectivity index (χ1v) is 3.93. The van der Waals surface area contributed by atoms with E-state index in [0.29, 0.717) is 6.61 Å². The van der Waals surface area contributed by atoms with Gasteiger partial charge in [-0.3, -0.25) is 0 Å². The Bertz CT molecular complexity index is 271. The van der Waals surface area contributed by atoms with Crippen molar-refractivity contribution >= 4 is 6.21 Å². The molecule has 0 saturated heterocycles. The molecule has 0 unspecified atom stereocenters. The molecule has 12 heavy (non-hydrogen) atoms. The Morgan fingerprint density at radius 3 is 3.17 bits per heavy atom. The van der Waals surface area contributed by atoms with E-state index in [9.17, 15) is 0 Å². The van der Waals surface area contributed by atoms with Crippen LogP contribution in [0, 0.1) is 0 Å². The monoisotopic (exact) mass is 165 g/mol. The number of aryl methyl sites for hydroxylation is 1. The van der Waals surface area contributed by atoms with Crippen molar-refractivity contribution in [3.8, 4) is 0 Å². The van der Waals surface area contributed by atoms with Crippen molar-refractivity contribution in [1.82, 2.24) is 0 Å². The number of hydrogen-bond donors (Lipinski definition) is 0. The van der Waals surface area contributed by atoms with Crippen molar-refractivity contribution in [2.24, 2.45) is 12.2 Å². The van der Waals surface area contributed by atoms with E-state index in [1.807, 2.05) is 43.1 Å². The van der Waals surface area contributed by atoms with Crippen molar-refractivity contribution in [2.75, 3.05) is 6.61 Å². The molecule has 0 aliphatic heterocycles. The zero-order valence-electron chi connectivity index (χ0n) is 7.40. The number of nitrogens with zero attached hydrogens (tertiary/aromatic N) is 2. The lowest BCUT2D eigenvalue weighted by Crippen LogP contribution is -2.26. The Hall–Kier alpha value is -1.38. The van der Waals surface area contributed by atoms with Crippen LogP contribution in [-0.2, 0) is 11.9 Å². The van der Waals surface area contributed by atoms with Crippen molar-refractivity contribution in [3.05, 3.63) is 30.1 Å². The Morgan fingerprint density at radius 2 is 2.50 bits per heavy atom. The molecule has 0 aromatic carbocycles. The highest BCUT2D eigenvalue weighted by atomic mass is 16.6. The lowest BCUT2D eigenvalue weighted by atomic mass is 10.3. The predicted octanol–water partition coefficient (Wildman–Crippen LogP) is 0.882. The smallest absolute Gasteiger partial charge is 0.177 e. The standard InChI is InChI=1S/C9H13N2O/c1-3-12-10-7-9-5-4-6-11(2)8-9/h4-8H,3H2,1-2H3/q+1. The fourth-order valence-electron chi connectivity index (χ4n) is 0.860. The van der Waals surface area contributed by atoms with E-state index < -0.39 is 0 Å². The Balaban J connectivity index is 2.63. The van der Waals surface area contributed by atoms with Crippen LogP contribution in [0.15, 0.2) is 29.7 Å².